The second kappa shape index (κ2) is 9.84. The molecule has 3 aromatic rings. The van der Waals surface area contributed by atoms with E-state index in [0.717, 1.165) is 30.9 Å². The summed E-state index contributed by atoms with van der Waals surface area (Å²) in [6.45, 7) is 3.06. The van der Waals surface area contributed by atoms with Crippen LogP contribution in [0.25, 0.3) is 11.3 Å². The number of hydrogen-bond acceptors (Lipinski definition) is 4. The van der Waals surface area contributed by atoms with E-state index in [1.165, 1.54) is 11.6 Å². The predicted molar refractivity (Wildman–Crippen MR) is 127 cm³/mol. The zero-order chi connectivity index (χ0) is 24.2. The summed E-state index contributed by atoms with van der Waals surface area (Å²) in [5.41, 5.74) is 9.25. The number of benzene rings is 2. The maximum Gasteiger partial charge on any atom is 0.253 e. The van der Waals surface area contributed by atoms with Gasteiger partial charge < -0.3 is 10.6 Å². The Morgan fingerprint density at radius 2 is 1.85 bits per heavy atom. The number of nitriles is 1. The van der Waals surface area contributed by atoms with E-state index in [1.54, 1.807) is 18.2 Å². The highest BCUT2D eigenvalue weighted by molar-refractivity contribution is 6.00. The number of nitrogens with two attached hydrogens (primary N) is 1. The van der Waals surface area contributed by atoms with Crippen molar-refractivity contribution in [3.05, 3.63) is 88.4 Å². The lowest BCUT2D eigenvalue weighted by atomic mass is 9.91. The van der Waals surface area contributed by atoms with Crippen LogP contribution in [-0.4, -0.2) is 34.8 Å². The number of hydrogen-bond donors (Lipinski definition) is 1. The summed E-state index contributed by atoms with van der Waals surface area (Å²) in [4.78, 5) is 31.0. The monoisotopic (exact) mass is 456 g/mol. The van der Waals surface area contributed by atoms with Gasteiger partial charge >= 0.3 is 0 Å². The number of aromatic nitrogens is 1. The molecule has 2 N–H and O–H groups in total. The number of pyridine rings is 1. The third kappa shape index (κ3) is 4.81. The van der Waals surface area contributed by atoms with Crippen LogP contribution in [0.3, 0.4) is 0 Å². The Morgan fingerprint density at radius 3 is 2.56 bits per heavy atom. The van der Waals surface area contributed by atoms with E-state index in [4.69, 9.17) is 11.0 Å². The highest BCUT2D eigenvalue weighted by atomic mass is 19.1. The molecule has 34 heavy (non-hydrogen) atoms. The van der Waals surface area contributed by atoms with Crippen molar-refractivity contribution in [1.29, 1.82) is 5.26 Å². The van der Waals surface area contributed by atoms with E-state index in [0.29, 0.717) is 35.7 Å². The van der Waals surface area contributed by atoms with Crippen LogP contribution in [0, 0.1) is 24.2 Å². The molecule has 1 unspecified atom stereocenters. The quantitative estimate of drug-likeness (QED) is 0.581. The van der Waals surface area contributed by atoms with Gasteiger partial charge in [0.05, 0.1) is 22.9 Å². The molecule has 2 heterocycles. The molecular weight excluding hydrogens is 431 g/mol. The Kier molecular flexibility index (Phi) is 6.69. The Balaban J connectivity index is 1.57. The smallest absolute Gasteiger partial charge is 0.253 e. The molecule has 1 atom stereocenters. The molecule has 2 amide bonds. The van der Waals surface area contributed by atoms with Gasteiger partial charge in [0.15, 0.2) is 0 Å². The van der Waals surface area contributed by atoms with Gasteiger partial charge in [-0.05, 0) is 79.6 Å². The van der Waals surface area contributed by atoms with Crippen molar-refractivity contribution in [1.82, 2.24) is 9.88 Å². The number of carbonyl (C=O) groups excluding carboxylic acids is 2. The van der Waals surface area contributed by atoms with E-state index < -0.39 is 11.9 Å². The number of primary amides is 1. The number of rotatable bonds is 4. The molecule has 0 spiro atoms. The minimum atomic E-state index is -0.725. The molecule has 1 aromatic heterocycles. The van der Waals surface area contributed by atoms with Crippen LogP contribution >= 0.6 is 0 Å². The Morgan fingerprint density at radius 1 is 1.09 bits per heavy atom. The Bertz CT molecular complexity index is 1280. The third-order valence-electron chi connectivity index (χ3n) is 6.39. The SMILES string of the molecule is Cc1ccc(C(=O)N2CCCC(c3ccc(C#N)cc3)CC2)cc1-c1nc(F)ccc1C(N)=O. The zero-order valence-corrected chi connectivity index (χ0v) is 18.9. The molecule has 4 rings (SSSR count). The van der Waals surface area contributed by atoms with Crippen LogP contribution < -0.4 is 5.73 Å². The first-order valence-electron chi connectivity index (χ1n) is 11.2. The van der Waals surface area contributed by atoms with Gasteiger partial charge in [0.1, 0.15) is 0 Å². The second-order valence-electron chi connectivity index (χ2n) is 8.58. The Labute approximate surface area is 197 Å². The average Bonchev–Trinajstić information content (AvgIpc) is 3.10. The van der Waals surface area contributed by atoms with E-state index in [2.05, 4.69) is 11.1 Å². The molecule has 7 heteroatoms. The first-order chi connectivity index (χ1) is 16.4. The van der Waals surface area contributed by atoms with Gasteiger partial charge in [0.25, 0.3) is 11.8 Å². The molecule has 0 bridgehead atoms. The van der Waals surface area contributed by atoms with E-state index >= 15 is 0 Å². The molecule has 0 aliphatic carbocycles. The second-order valence-corrected chi connectivity index (χ2v) is 8.58. The van der Waals surface area contributed by atoms with Gasteiger partial charge in [-0.2, -0.15) is 9.65 Å². The van der Waals surface area contributed by atoms with Crippen LogP contribution in [0.15, 0.2) is 54.6 Å². The van der Waals surface area contributed by atoms with E-state index in [-0.39, 0.29) is 17.2 Å². The number of nitrogens with zero attached hydrogens (tertiary/aromatic N) is 3. The van der Waals surface area contributed by atoms with Crippen molar-refractivity contribution in [2.75, 3.05) is 13.1 Å². The van der Waals surface area contributed by atoms with Gasteiger partial charge in [-0.15, -0.1) is 0 Å². The molecule has 0 saturated carbocycles. The molecule has 172 valence electrons. The normalized spacial score (nSPS) is 15.9. The van der Waals surface area contributed by atoms with Crippen molar-refractivity contribution >= 4 is 11.8 Å². The van der Waals surface area contributed by atoms with Crippen LogP contribution in [0.2, 0.25) is 0 Å². The molecule has 1 fully saturated rings. The average molecular weight is 457 g/mol. The molecule has 2 aromatic carbocycles. The maximum absolute atomic E-state index is 13.9. The lowest BCUT2D eigenvalue weighted by molar-refractivity contribution is 0.0761. The van der Waals surface area contributed by atoms with Crippen molar-refractivity contribution in [2.45, 2.75) is 32.1 Å². The lowest BCUT2D eigenvalue weighted by Gasteiger charge is -2.21. The molecule has 1 aliphatic heterocycles. The number of carbonyl (C=O) groups is 2. The Hall–Kier alpha value is -4.05. The predicted octanol–water partition coefficient (Wildman–Crippen LogP) is 4.58. The fourth-order valence-corrected chi connectivity index (χ4v) is 4.49. The van der Waals surface area contributed by atoms with Crippen LogP contribution in [0.1, 0.15) is 62.6 Å². The van der Waals surface area contributed by atoms with Crippen LogP contribution in [0.5, 0.6) is 0 Å². The van der Waals surface area contributed by atoms with Crippen molar-refractivity contribution < 1.29 is 14.0 Å². The van der Waals surface area contributed by atoms with Crippen molar-refractivity contribution in [3.63, 3.8) is 0 Å². The zero-order valence-electron chi connectivity index (χ0n) is 18.9. The first kappa shape index (κ1) is 23.1. The number of aryl methyl sites for hydroxylation is 1. The molecule has 1 saturated heterocycles. The maximum atomic E-state index is 13.9. The summed E-state index contributed by atoms with van der Waals surface area (Å²) < 4.78 is 13.9. The molecule has 6 nitrogen and oxygen atoms in total. The van der Waals surface area contributed by atoms with Crippen molar-refractivity contribution in [2.24, 2.45) is 5.73 Å². The number of amides is 2. The summed E-state index contributed by atoms with van der Waals surface area (Å²) >= 11 is 0. The van der Waals surface area contributed by atoms with Gasteiger partial charge in [0.2, 0.25) is 5.95 Å². The molecule has 1 aliphatic rings. The topological polar surface area (TPSA) is 100 Å². The van der Waals surface area contributed by atoms with Gasteiger partial charge in [0, 0.05) is 24.2 Å². The standard InChI is InChI=1S/C27H25FN4O2/c1-17-4-7-21(15-23(17)25-22(26(30)33)10-11-24(28)31-25)27(34)32-13-2-3-19(12-14-32)20-8-5-18(16-29)6-9-20/h4-11,15,19H,2-3,12-14H2,1H3,(H2,30,33). The molecular formula is C27H25FN4O2. The summed E-state index contributed by atoms with van der Waals surface area (Å²) in [5.74, 6) is -1.22. The fraction of sp³-hybridized carbons (Fsp3) is 0.259. The largest absolute Gasteiger partial charge is 0.366 e. The van der Waals surface area contributed by atoms with E-state index in [9.17, 15) is 14.0 Å². The lowest BCUT2D eigenvalue weighted by Crippen LogP contribution is -2.32. The minimum absolute atomic E-state index is 0.106. The summed E-state index contributed by atoms with van der Waals surface area (Å²) in [6, 6.07) is 17.4. The van der Waals surface area contributed by atoms with Crippen LogP contribution in [0.4, 0.5) is 4.39 Å². The highest BCUT2D eigenvalue weighted by Gasteiger charge is 2.24. The summed E-state index contributed by atoms with van der Waals surface area (Å²) in [5, 5.41) is 9.01. The fourth-order valence-electron chi connectivity index (χ4n) is 4.49. The molecule has 0 radical (unpaired) electrons. The summed E-state index contributed by atoms with van der Waals surface area (Å²) in [7, 11) is 0. The van der Waals surface area contributed by atoms with Gasteiger partial charge in [-0.1, -0.05) is 18.2 Å². The first-order valence-corrected chi connectivity index (χ1v) is 11.2. The highest BCUT2D eigenvalue weighted by Crippen LogP contribution is 2.30. The minimum Gasteiger partial charge on any atom is -0.366 e. The summed E-state index contributed by atoms with van der Waals surface area (Å²) in [6.07, 6.45) is 2.66. The number of likely N-dealkylation sites (tertiary alicyclic amines) is 1. The van der Waals surface area contributed by atoms with Gasteiger partial charge in [-0.3, -0.25) is 9.59 Å². The number of halogens is 1. The van der Waals surface area contributed by atoms with Gasteiger partial charge in [-0.25, -0.2) is 4.98 Å². The third-order valence-corrected chi connectivity index (χ3v) is 6.39. The van der Waals surface area contributed by atoms with Crippen LogP contribution in [-0.2, 0) is 0 Å². The van der Waals surface area contributed by atoms with Crippen molar-refractivity contribution in [3.8, 4) is 17.3 Å². The van der Waals surface area contributed by atoms with E-state index in [1.807, 2.05) is 36.1 Å².